The maximum absolute atomic E-state index is 9.26. The van der Waals surface area contributed by atoms with E-state index in [2.05, 4.69) is 39.5 Å². The number of hydrogen-bond donors (Lipinski definition) is 1. The average Bonchev–Trinajstić information content (AvgIpc) is 1.99. The van der Waals surface area contributed by atoms with E-state index in [1.165, 1.54) is 0 Å². The lowest BCUT2D eigenvalue weighted by Gasteiger charge is -2.44. The molecule has 90 valence electrons. The highest BCUT2D eigenvalue weighted by atomic mass is 16.5. The van der Waals surface area contributed by atoms with Crippen LogP contribution in [-0.2, 0) is 4.74 Å². The molecule has 1 atom stereocenters. The van der Waals surface area contributed by atoms with E-state index in [0.717, 1.165) is 19.6 Å². The number of aliphatic hydroxyl groups excluding tert-OH is 1. The summed E-state index contributed by atoms with van der Waals surface area (Å²) in [6.07, 6.45) is 0.281. The van der Waals surface area contributed by atoms with Crippen molar-refractivity contribution in [1.29, 1.82) is 0 Å². The summed E-state index contributed by atoms with van der Waals surface area (Å²) in [5.41, 5.74) is -0.0870. The van der Waals surface area contributed by atoms with Gasteiger partial charge in [0.15, 0.2) is 0 Å². The molecule has 1 saturated heterocycles. The zero-order chi connectivity index (χ0) is 11.7. The molecule has 0 amide bonds. The Morgan fingerprint density at radius 3 is 2.53 bits per heavy atom. The molecular formula is C12H25NO2. The molecule has 1 rings (SSSR count). The highest BCUT2D eigenvalue weighted by Crippen LogP contribution is 2.24. The van der Waals surface area contributed by atoms with Gasteiger partial charge in [-0.1, -0.05) is 13.8 Å². The van der Waals surface area contributed by atoms with Crippen LogP contribution in [0.2, 0.25) is 0 Å². The van der Waals surface area contributed by atoms with Crippen molar-refractivity contribution in [2.75, 3.05) is 26.2 Å². The zero-order valence-electron chi connectivity index (χ0n) is 10.7. The molecular weight excluding hydrogens is 190 g/mol. The van der Waals surface area contributed by atoms with Gasteiger partial charge in [-0.2, -0.15) is 0 Å². The number of hydrogen-bond acceptors (Lipinski definition) is 3. The first-order valence-electron chi connectivity index (χ1n) is 5.75. The second-order valence-corrected chi connectivity index (χ2v) is 6.18. The minimum absolute atomic E-state index is 0.0207. The van der Waals surface area contributed by atoms with Crippen LogP contribution in [0, 0.1) is 5.41 Å². The fourth-order valence-corrected chi connectivity index (χ4v) is 2.36. The number of aliphatic hydroxyl groups is 1. The Kier molecular flexibility index (Phi) is 3.80. The van der Waals surface area contributed by atoms with Crippen LogP contribution in [0.3, 0.4) is 0 Å². The third kappa shape index (κ3) is 4.09. The van der Waals surface area contributed by atoms with E-state index < -0.39 is 0 Å². The Bertz CT molecular complexity index is 214. The van der Waals surface area contributed by atoms with Gasteiger partial charge in [-0.05, 0) is 20.8 Å². The summed E-state index contributed by atoms with van der Waals surface area (Å²) in [7, 11) is 0. The van der Waals surface area contributed by atoms with Crippen LogP contribution >= 0.6 is 0 Å². The molecule has 0 aromatic carbocycles. The Hall–Kier alpha value is -0.120. The normalized spacial score (nSPS) is 28.0. The summed E-state index contributed by atoms with van der Waals surface area (Å²) in [6, 6.07) is 0. The third-order valence-corrected chi connectivity index (χ3v) is 2.72. The second-order valence-electron chi connectivity index (χ2n) is 6.18. The largest absolute Gasteiger partial charge is 0.396 e. The van der Waals surface area contributed by atoms with Gasteiger partial charge in [0.25, 0.3) is 0 Å². The van der Waals surface area contributed by atoms with Crippen LogP contribution in [0.1, 0.15) is 34.6 Å². The van der Waals surface area contributed by atoms with Crippen molar-refractivity contribution in [1.82, 2.24) is 4.90 Å². The fraction of sp³-hybridized carbons (Fsp3) is 1.00. The summed E-state index contributed by atoms with van der Waals surface area (Å²) in [4.78, 5) is 2.39. The van der Waals surface area contributed by atoms with Crippen LogP contribution in [0.25, 0.3) is 0 Å². The summed E-state index contributed by atoms with van der Waals surface area (Å²) in [5, 5.41) is 9.26. The number of nitrogens with zero attached hydrogens (tertiary/aromatic N) is 1. The van der Waals surface area contributed by atoms with Crippen molar-refractivity contribution >= 4 is 0 Å². The van der Waals surface area contributed by atoms with Gasteiger partial charge >= 0.3 is 0 Å². The smallest absolute Gasteiger partial charge is 0.0757 e. The molecule has 1 heterocycles. The van der Waals surface area contributed by atoms with E-state index in [1.54, 1.807) is 0 Å². The van der Waals surface area contributed by atoms with Crippen LogP contribution in [0.5, 0.6) is 0 Å². The monoisotopic (exact) mass is 215 g/mol. The van der Waals surface area contributed by atoms with Crippen molar-refractivity contribution in [2.24, 2.45) is 5.41 Å². The average molecular weight is 215 g/mol. The Labute approximate surface area is 93.4 Å². The summed E-state index contributed by atoms with van der Waals surface area (Å²) in [5.74, 6) is 0. The van der Waals surface area contributed by atoms with E-state index in [0.29, 0.717) is 0 Å². The molecule has 3 heteroatoms. The highest BCUT2D eigenvalue weighted by Gasteiger charge is 2.33. The molecule has 0 bridgehead atoms. The van der Waals surface area contributed by atoms with Crippen molar-refractivity contribution in [3.8, 4) is 0 Å². The molecule has 0 aliphatic carbocycles. The predicted molar refractivity (Wildman–Crippen MR) is 61.9 cm³/mol. The summed E-state index contributed by atoms with van der Waals surface area (Å²) < 4.78 is 5.85. The minimum atomic E-state index is -0.0663. The Morgan fingerprint density at radius 2 is 2.07 bits per heavy atom. The minimum Gasteiger partial charge on any atom is -0.396 e. The van der Waals surface area contributed by atoms with Crippen LogP contribution < -0.4 is 0 Å². The molecule has 0 spiro atoms. The standard InChI is InChI=1S/C12H25NO2/c1-10-6-13(7-11(2,3)9-14)8-12(4,5)15-10/h10,14H,6-9H2,1-5H3. The first-order chi connectivity index (χ1) is 6.74. The molecule has 0 saturated carbocycles. The third-order valence-electron chi connectivity index (χ3n) is 2.72. The first kappa shape index (κ1) is 12.9. The van der Waals surface area contributed by atoms with Gasteiger partial charge in [0.1, 0.15) is 0 Å². The van der Waals surface area contributed by atoms with Gasteiger partial charge in [0.2, 0.25) is 0 Å². The lowest BCUT2D eigenvalue weighted by Crippen LogP contribution is -2.54. The molecule has 1 N–H and O–H groups in total. The van der Waals surface area contributed by atoms with E-state index in [1.807, 2.05) is 0 Å². The van der Waals surface area contributed by atoms with E-state index in [9.17, 15) is 5.11 Å². The van der Waals surface area contributed by atoms with Crippen molar-refractivity contribution in [3.63, 3.8) is 0 Å². The van der Waals surface area contributed by atoms with Crippen LogP contribution in [-0.4, -0.2) is 48.0 Å². The van der Waals surface area contributed by atoms with Gasteiger partial charge in [-0.3, -0.25) is 4.90 Å². The molecule has 0 aromatic rings. The number of ether oxygens (including phenoxy) is 1. The summed E-state index contributed by atoms with van der Waals surface area (Å²) >= 11 is 0. The number of rotatable bonds is 3. The lowest BCUT2D eigenvalue weighted by molar-refractivity contribution is -0.135. The maximum Gasteiger partial charge on any atom is 0.0757 e. The quantitative estimate of drug-likeness (QED) is 0.774. The van der Waals surface area contributed by atoms with E-state index in [4.69, 9.17) is 4.74 Å². The first-order valence-corrected chi connectivity index (χ1v) is 5.75. The zero-order valence-corrected chi connectivity index (χ0v) is 10.7. The maximum atomic E-state index is 9.26. The van der Waals surface area contributed by atoms with E-state index >= 15 is 0 Å². The predicted octanol–water partition coefficient (Wildman–Crippen LogP) is 1.50. The van der Waals surface area contributed by atoms with Crippen molar-refractivity contribution < 1.29 is 9.84 Å². The molecule has 1 aliphatic rings. The Balaban J connectivity index is 2.56. The van der Waals surface area contributed by atoms with Gasteiger partial charge in [-0.15, -0.1) is 0 Å². The fourth-order valence-electron chi connectivity index (χ4n) is 2.36. The SMILES string of the molecule is CC1CN(CC(C)(C)CO)CC(C)(C)O1. The highest BCUT2D eigenvalue weighted by molar-refractivity contribution is 4.85. The molecule has 15 heavy (non-hydrogen) atoms. The lowest BCUT2D eigenvalue weighted by atomic mass is 9.92. The summed E-state index contributed by atoms with van der Waals surface area (Å²) in [6.45, 7) is 13.6. The van der Waals surface area contributed by atoms with Gasteiger partial charge in [-0.25, -0.2) is 0 Å². The second kappa shape index (κ2) is 4.40. The molecule has 1 aliphatic heterocycles. The molecule has 0 radical (unpaired) electrons. The van der Waals surface area contributed by atoms with E-state index in [-0.39, 0.29) is 23.7 Å². The van der Waals surface area contributed by atoms with Crippen molar-refractivity contribution in [2.45, 2.75) is 46.3 Å². The van der Waals surface area contributed by atoms with Crippen molar-refractivity contribution in [3.05, 3.63) is 0 Å². The Morgan fingerprint density at radius 1 is 1.47 bits per heavy atom. The molecule has 1 fully saturated rings. The van der Waals surface area contributed by atoms with Crippen LogP contribution in [0.4, 0.5) is 0 Å². The van der Waals surface area contributed by atoms with Crippen LogP contribution in [0.15, 0.2) is 0 Å². The van der Waals surface area contributed by atoms with Gasteiger partial charge in [0.05, 0.1) is 11.7 Å². The van der Waals surface area contributed by atoms with Gasteiger partial charge < -0.3 is 9.84 Å². The molecule has 0 aromatic heterocycles. The van der Waals surface area contributed by atoms with Gasteiger partial charge in [0, 0.05) is 31.7 Å². The topological polar surface area (TPSA) is 32.7 Å². The molecule has 1 unspecified atom stereocenters. The number of morpholine rings is 1. The molecule has 3 nitrogen and oxygen atoms in total.